The van der Waals surface area contributed by atoms with E-state index >= 15 is 0 Å². The molecule has 0 bridgehead atoms. The summed E-state index contributed by atoms with van der Waals surface area (Å²) in [6.07, 6.45) is 88.9. The molecular formula is C73H128O6. The average Bonchev–Trinajstić information content (AvgIpc) is 3.45. The van der Waals surface area contributed by atoms with Crippen molar-refractivity contribution < 1.29 is 28.6 Å². The fourth-order valence-electron chi connectivity index (χ4n) is 9.84. The molecule has 0 saturated heterocycles. The summed E-state index contributed by atoms with van der Waals surface area (Å²) in [7, 11) is 0. The number of unbranched alkanes of at least 4 members (excludes halogenated alkanes) is 37. The number of carbonyl (C=O) groups excluding carboxylic acids is 3. The molecule has 0 amide bonds. The fraction of sp³-hybridized carbons (Fsp3) is 0.767. The minimum absolute atomic E-state index is 0.0781. The molecule has 0 heterocycles. The van der Waals surface area contributed by atoms with Crippen LogP contribution in [0.3, 0.4) is 0 Å². The molecule has 0 aromatic heterocycles. The van der Waals surface area contributed by atoms with Gasteiger partial charge in [0.15, 0.2) is 6.10 Å². The van der Waals surface area contributed by atoms with Crippen LogP contribution in [-0.4, -0.2) is 37.2 Å². The molecular weight excluding hydrogens is 973 g/mol. The molecule has 0 aliphatic carbocycles. The van der Waals surface area contributed by atoms with Crippen molar-refractivity contribution in [2.75, 3.05) is 13.2 Å². The van der Waals surface area contributed by atoms with E-state index in [0.29, 0.717) is 19.3 Å². The minimum atomic E-state index is -0.783. The van der Waals surface area contributed by atoms with Gasteiger partial charge in [0.25, 0.3) is 0 Å². The lowest BCUT2D eigenvalue weighted by molar-refractivity contribution is -0.167. The summed E-state index contributed by atoms with van der Waals surface area (Å²) in [5.74, 6) is -0.880. The molecule has 456 valence electrons. The molecule has 0 N–H and O–H groups in total. The van der Waals surface area contributed by atoms with Gasteiger partial charge in [-0.05, 0) is 77.0 Å². The van der Waals surface area contributed by atoms with Crippen LogP contribution in [0, 0.1) is 0 Å². The van der Waals surface area contributed by atoms with Crippen molar-refractivity contribution in [3.05, 3.63) is 85.1 Å². The summed E-state index contributed by atoms with van der Waals surface area (Å²) in [5, 5.41) is 0. The number of ether oxygens (including phenoxy) is 3. The van der Waals surface area contributed by atoms with E-state index < -0.39 is 6.10 Å². The van der Waals surface area contributed by atoms with Gasteiger partial charge in [-0.25, -0.2) is 0 Å². The highest BCUT2D eigenvalue weighted by molar-refractivity contribution is 5.71. The Bertz CT molecular complexity index is 1500. The first-order chi connectivity index (χ1) is 39.0. The standard InChI is InChI=1S/C73H128O6/c1-4-7-10-13-16-19-22-25-27-29-31-33-35-36-37-38-39-41-42-44-46-48-51-54-57-60-63-66-72(75)78-69-70(68-77-71(74)65-62-59-56-53-50-24-21-18-15-12-9-6-3)79-73(76)67-64-61-58-55-52-49-47-45-43-40-34-32-30-28-26-23-20-17-14-11-8-5-2/h7,10,16,19,25,27,31,33,36-37,39,41,44,46,70H,4-6,8-9,11-15,17-18,20-24,26,28-30,32,34-35,38,40,42-43,45,47-69H2,1-3H3/b10-7-,19-16-,27-25-,33-31-,37-36-,41-39-,46-44-. The van der Waals surface area contributed by atoms with E-state index in [-0.39, 0.29) is 31.1 Å². The van der Waals surface area contributed by atoms with E-state index in [2.05, 4.69) is 106 Å². The van der Waals surface area contributed by atoms with E-state index in [0.717, 1.165) is 122 Å². The number of carbonyl (C=O) groups is 3. The molecule has 0 saturated carbocycles. The van der Waals surface area contributed by atoms with Crippen LogP contribution in [0.4, 0.5) is 0 Å². The summed E-state index contributed by atoms with van der Waals surface area (Å²) in [6.45, 7) is 6.56. The molecule has 0 rings (SSSR count). The zero-order chi connectivity index (χ0) is 57.1. The van der Waals surface area contributed by atoms with Crippen molar-refractivity contribution in [3.8, 4) is 0 Å². The van der Waals surface area contributed by atoms with Crippen molar-refractivity contribution in [1.29, 1.82) is 0 Å². The van der Waals surface area contributed by atoms with Gasteiger partial charge in [0, 0.05) is 19.3 Å². The van der Waals surface area contributed by atoms with Crippen LogP contribution in [0.15, 0.2) is 85.1 Å². The van der Waals surface area contributed by atoms with Crippen LogP contribution in [0.2, 0.25) is 0 Å². The lowest BCUT2D eigenvalue weighted by atomic mass is 10.0. The van der Waals surface area contributed by atoms with Gasteiger partial charge in [0.2, 0.25) is 0 Å². The second-order valence-electron chi connectivity index (χ2n) is 22.7. The molecule has 0 spiro atoms. The van der Waals surface area contributed by atoms with Gasteiger partial charge >= 0.3 is 17.9 Å². The van der Waals surface area contributed by atoms with E-state index in [9.17, 15) is 14.4 Å². The molecule has 0 aromatic rings. The molecule has 0 fully saturated rings. The van der Waals surface area contributed by atoms with Crippen molar-refractivity contribution in [3.63, 3.8) is 0 Å². The van der Waals surface area contributed by atoms with Gasteiger partial charge in [0.1, 0.15) is 13.2 Å². The van der Waals surface area contributed by atoms with Crippen molar-refractivity contribution >= 4 is 17.9 Å². The van der Waals surface area contributed by atoms with Crippen LogP contribution in [-0.2, 0) is 28.6 Å². The maximum Gasteiger partial charge on any atom is 0.306 e. The summed E-state index contributed by atoms with van der Waals surface area (Å²) < 4.78 is 16.9. The third-order valence-corrected chi connectivity index (χ3v) is 14.9. The Morgan fingerprint density at radius 3 is 0.772 bits per heavy atom. The second-order valence-corrected chi connectivity index (χ2v) is 22.7. The number of hydrogen-bond acceptors (Lipinski definition) is 6. The Hall–Kier alpha value is -3.41. The fourth-order valence-corrected chi connectivity index (χ4v) is 9.84. The van der Waals surface area contributed by atoms with E-state index in [4.69, 9.17) is 14.2 Å². The van der Waals surface area contributed by atoms with Gasteiger partial charge < -0.3 is 14.2 Å². The van der Waals surface area contributed by atoms with Crippen LogP contribution in [0.5, 0.6) is 0 Å². The smallest absolute Gasteiger partial charge is 0.306 e. The number of esters is 3. The molecule has 1 unspecified atom stereocenters. The van der Waals surface area contributed by atoms with Gasteiger partial charge in [-0.15, -0.1) is 0 Å². The van der Waals surface area contributed by atoms with E-state index in [1.54, 1.807) is 0 Å². The normalized spacial score (nSPS) is 12.6. The molecule has 0 aromatic carbocycles. The van der Waals surface area contributed by atoms with Crippen molar-refractivity contribution in [2.24, 2.45) is 0 Å². The third kappa shape index (κ3) is 65.3. The summed E-state index contributed by atoms with van der Waals surface area (Å²) in [5.41, 5.74) is 0. The zero-order valence-electron chi connectivity index (χ0n) is 52.4. The first-order valence-corrected chi connectivity index (χ1v) is 34.1. The van der Waals surface area contributed by atoms with Gasteiger partial charge in [-0.1, -0.05) is 331 Å². The maximum atomic E-state index is 12.9. The van der Waals surface area contributed by atoms with Crippen molar-refractivity contribution in [2.45, 2.75) is 348 Å². The topological polar surface area (TPSA) is 78.9 Å². The molecule has 79 heavy (non-hydrogen) atoms. The van der Waals surface area contributed by atoms with Gasteiger partial charge in [0.05, 0.1) is 0 Å². The monoisotopic (exact) mass is 1100 g/mol. The highest BCUT2D eigenvalue weighted by atomic mass is 16.6. The lowest BCUT2D eigenvalue weighted by Gasteiger charge is -2.18. The quantitative estimate of drug-likeness (QED) is 0.0261. The highest BCUT2D eigenvalue weighted by Gasteiger charge is 2.19. The summed E-state index contributed by atoms with van der Waals surface area (Å²) >= 11 is 0. The molecule has 1 atom stereocenters. The SMILES string of the molecule is CC/C=C\C/C=C\C/C=C\C/C=C\C/C=C\C/C=C\C/C=C\CCCCCCCC(=O)OCC(COC(=O)CCCCCCCCCCCCCC)OC(=O)CCCCCCCCCCCCCCCCCCCCCCCC. The first kappa shape index (κ1) is 75.6. The highest BCUT2D eigenvalue weighted by Crippen LogP contribution is 2.18. The number of allylic oxidation sites excluding steroid dienone is 14. The molecule has 6 heteroatoms. The molecule has 6 nitrogen and oxygen atoms in total. The van der Waals surface area contributed by atoms with Crippen LogP contribution < -0.4 is 0 Å². The van der Waals surface area contributed by atoms with Gasteiger partial charge in [-0.3, -0.25) is 14.4 Å². The molecule has 0 aliphatic rings. The summed E-state index contributed by atoms with van der Waals surface area (Å²) in [4.78, 5) is 38.4. The van der Waals surface area contributed by atoms with Gasteiger partial charge in [-0.2, -0.15) is 0 Å². The number of hydrogen-bond donors (Lipinski definition) is 0. The Kier molecular flexibility index (Phi) is 64.2. The lowest BCUT2D eigenvalue weighted by Crippen LogP contribution is -2.30. The van der Waals surface area contributed by atoms with E-state index in [1.807, 2.05) is 0 Å². The largest absolute Gasteiger partial charge is 0.462 e. The Morgan fingerprint density at radius 2 is 0.494 bits per heavy atom. The number of rotatable bonds is 62. The first-order valence-electron chi connectivity index (χ1n) is 34.1. The van der Waals surface area contributed by atoms with Crippen LogP contribution in [0.25, 0.3) is 0 Å². The summed E-state index contributed by atoms with van der Waals surface area (Å²) in [6, 6.07) is 0. The maximum absolute atomic E-state index is 12.9. The Labute approximate surface area is 490 Å². The van der Waals surface area contributed by atoms with Crippen LogP contribution in [0.1, 0.15) is 342 Å². The van der Waals surface area contributed by atoms with Crippen LogP contribution >= 0.6 is 0 Å². The van der Waals surface area contributed by atoms with Crippen molar-refractivity contribution in [1.82, 2.24) is 0 Å². The Morgan fingerprint density at radius 1 is 0.266 bits per heavy atom. The van der Waals surface area contributed by atoms with E-state index in [1.165, 1.54) is 180 Å². The third-order valence-electron chi connectivity index (χ3n) is 14.9. The molecule has 0 aliphatic heterocycles. The predicted molar refractivity (Wildman–Crippen MR) is 344 cm³/mol. The predicted octanol–water partition coefficient (Wildman–Crippen LogP) is 23.4. The Balaban J connectivity index is 4.31. The minimum Gasteiger partial charge on any atom is -0.462 e. The molecule has 0 radical (unpaired) electrons. The zero-order valence-corrected chi connectivity index (χ0v) is 52.4. The average molecular weight is 1100 g/mol. The second kappa shape index (κ2) is 67.1.